The standard InChI is InChI=1S/C8H13N3O3.C7H15N3O2.C6H17N3O.2C5H10N2O2.C5H13NO.C3H5NO2.C2H7NO/c12-7-9-1-2-10(7)3-4-11-5-6-14-8(11)13;8-1-2-9-3-4-10-5-6-12-7(10)11;7-1-2-8-3-4-9-5-6-10;6-1-2-7-3-4-9-5(7)8;8-4-3-7-2-1-6-5(7)9;6-4-2-1-3-5-7;5-3-4-1-2-6-3;3-1-2-4/h1-6H2,(H,9,12);9H,1-6,8H2;8-10H,1-7H2;1-4,6H2;8H,1-4H2,(H,6,9);7H,1-6H2;1-2H2,(H,4,5);4H,1-3H2. The Balaban J connectivity index is 0. The third-order valence-electron chi connectivity index (χ3n) is 9.40. The predicted molar refractivity (Wildman–Crippen MR) is 264 cm³/mol. The number of nitrogens with one attached hydrogen (secondary N) is 6. The third-order valence-corrected chi connectivity index (χ3v) is 9.40. The van der Waals surface area contributed by atoms with E-state index in [1.54, 1.807) is 24.5 Å². The molecule has 0 radical (unpaired) electrons. The molecule has 418 valence electrons. The predicted octanol–water partition coefficient (Wildman–Crippen LogP) is -6.26. The van der Waals surface area contributed by atoms with Crippen LogP contribution < -0.4 is 60.6 Å². The van der Waals surface area contributed by atoms with Gasteiger partial charge in [-0.05, 0) is 25.8 Å². The number of rotatable bonds is 24. The van der Waals surface area contributed by atoms with Gasteiger partial charge in [-0.15, -0.1) is 0 Å². The van der Waals surface area contributed by atoms with Gasteiger partial charge < -0.3 is 124 Å². The van der Waals surface area contributed by atoms with Crippen molar-refractivity contribution in [3.8, 4) is 0 Å². The van der Waals surface area contributed by atoms with Gasteiger partial charge in [0.15, 0.2) is 0 Å². The average molecular weight is 1030 g/mol. The first-order valence-corrected chi connectivity index (χ1v) is 24.2. The summed E-state index contributed by atoms with van der Waals surface area (Å²) in [7, 11) is 0. The van der Waals surface area contributed by atoms with Crippen LogP contribution in [0.15, 0.2) is 0 Å². The molecule has 6 heterocycles. The van der Waals surface area contributed by atoms with E-state index in [0.717, 1.165) is 71.6 Å². The van der Waals surface area contributed by atoms with E-state index in [-0.39, 0.29) is 56.3 Å². The van der Waals surface area contributed by atoms with Gasteiger partial charge in [-0.1, -0.05) is 0 Å². The first-order valence-electron chi connectivity index (χ1n) is 24.2. The second-order valence-corrected chi connectivity index (χ2v) is 15.0. The molecule has 0 saturated carbocycles. The number of amides is 8. The highest BCUT2D eigenvalue weighted by Crippen LogP contribution is 2.05. The van der Waals surface area contributed by atoms with Crippen LogP contribution in [0.5, 0.6) is 0 Å². The summed E-state index contributed by atoms with van der Waals surface area (Å²) in [6, 6.07) is -0.110. The number of aliphatic hydroxyl groups excluding tert-OH is 4. The van der Waals surface area contributed by atoms with Gasteiger partial charge in [-0.2, -0.15) is 0 Å². The number of nitrogens with zero attached hydrogens (tertiary/aromatic N) is 5. The Morgan fingerprint density at radius 2 is 0.873 bits per heavy atom. The van der Waals surface area contributed by atoms with Crippen LogP contribution in [0, 0.1) is 0 Å². The summed E-state index contributed by atoms with van der Waals surface area (Å²) in [6.07, 6.45) is 2.00. The summed E-state index contributed by atoms with van der Waals surface area (Å²) in [4.78, 5) is 72.4. The van der Waals surface area contributed by atoms with Gasteiger partial charge >= 0.3 is 36.4 Å². The van der Waals surface area contributed by atoms with Gasteiger partial charge in [0, 0.05) is 131 Å². The Morgan fingerprint density at radius 3 is 1.23 bits per heavy atom. The molecule has 6 fully saturated rings. The minimum Gasteiger partial charge on any atom is -0.448 e. The largest absolute Gasteiger partial charge is 0.448 e. The van der Waals surface area contributed by atoms with Crippen LogP contribution in [0.3, 0.4) is 0 Å². The fourth-order valence-corrected chi connectivity index (χ4v) is 5.68. The van der Waals surface area contributed by atoms with E-state index in [1.807, 2.05) is 0 Å². The fourth-order valence-electron chi connectivity index (χ4n) is 5.68. The normalized spacial score (nSPS) is 16.2. The van der Waals surface area contributed by atoms with E-state index in [4.69, 9.17) is 58.6 Å². The number of hydrogen-bond acceptors (Lipinski definition) is 22. The summed E-state index contributed by atoms with van der Waals surface area (Å²) >= 11 is 0. The number of urea groups is 2. The molecule has 8 amide bonds. The summed E-state index contributed by atoms with van der Waals surface area (Å²) in [5, 5.41) is 49.9. The zero-order chi connectivity index (χ0) is 53.2. The Labute approximate surface area is 418 Å². The van der Waals surface area contributed by atoms with Crippen molar-refractivity contribution in [2.45, 2.75) is 19.3 Å². The molecule has 6 aliphatic heterocycles. The molecule has 30 nitrogen and oxygen atoms in total. The molecular weight excluding hydrogens is 941 g/mol. The lowest BCUT2D eigenvalue weighted by molar-refractivity contribution is 0.155. The first kappa shape index (κ1) is 68.2. The smallest absolute Gasteiger partial charge is 0.409 e. The Kier molecular flexibility index (Phi) is 48.1. The Bertz CT molecular complexity index is 1260. The number of unbranched alkanes of at least 4 members (excludes halogenated alkanes) is 2. The van der Waals surface area contributed by atoms with Crippen LogP contribution in [0.2, 0.25) is 0 Å². The number of carbonyl (C=O) groups excluding carboxylic acids is 6. The molecule has 0 atom stereocenters. The maximum atomic E-state index is 11.1. The van der Waals surface area contributed by atoms with Gasteiger partial charge in [0.25, 0.3) is 0 Å². The molecule has 0 aromatic heterocycles. The first-order chi connectivity index (χ1) is 34.4. The zero-order valence-corrected chi connectivity index (χ0v) is 41.7. The third kappa shape index (κ3) is 39.4. The van der Waals surface area contributed by atoms with Crippen molar-refractivity contribution in [3.05, 3.63) is 0 Å². The van der Waals surface area contributed by atoms with Crippen molar-refractivity contribution >= 4 is 36.4 Å². The quantitative estimate of drug-likeness (QED) is 0.0316. The zero-order valence-electron chi connectivity index (χ0n) is 41.7. The van der Waals surface area contributed by atoms with Gasteiger partial charge in [-0.3, -0.25) is 0 Å². The van der Waals surface area contributed by atoms with Crippen LogP contribution >= 0.6 is 0 Å². The number of cyclic esters (lactones) is 4. The van der Waals surface area contributed by atoms with Gasteiger partial charge in [-0.25, -0.2) is 28.8 Å². The van der Waals surface area contributed by atoms with Gasteiger partial charge in [0.1, 0.15) is 26.4 Å². The van der Waals surface area contributed by atoms with Crippen molar-refractivity contribution in [1.29, 1.82) is 0 Å². The molecule has 20 N–H and O–H groups in total. The second kappa shape index (κ2) is 50.1. The topological polar surface area (TPSA) is 439 Å². The molecule has 6 saturated heterocycles. The number of hydrogen-bond donors (Lipinski definition) is 15. The summed E-state index contributed by atoms with van der Waals surface area (Å²) < 4.78 is 18.6. The number of aliphatic hydroxyl groups is 4. The lowest BCUT2D eigenvalue weighted by Gasteiger charge is -2.18. The summed E-state index contributed by atoms with van der Waals surface area (Å²) in [5.41, 5.74) is 25.7. The second-order valence-electron chi connectivity index (χ2n) is 15.0. The van der Waals surface area contributed by atoms with E-state index >= 15 is 0 Å². The molecule has 6 rings (SSSR count). The van der Waals surface area contributed by atoms with E-state index in [2.05, 4.69) is 41.4 Å². The lowest BCUT2D eigenvalue weighted by atomic mass is 10.2. The van der Waals surface area contributed by atoms with Crippen molar-refractivity contribution in [3.63, 3.8) is 0 Å². The average Bonchev–Trinajstić information content (AvgIpc) is 4.27. The van der Waals surface area contributed by atoms with Crippen molar-refractivity contribution in [2.75, 3.05) is 210 Å². The van der Waals surface area contributed by atoms with Crippen LogP contribution in [-0.4, -0.2) is 291 Å². The highest BCUT2D eigenvalue weighted by Gasteiger charge is 2.25. The molecule has 0 spiro atoms. The Morgan fingerprint density at radius 1 is 0.394 bits per heavy atom. The molecule has 30 heteroatoms. The van der Waals surface area contributed by atoms with E-state index < -0.39 is 0 Å². The van der Waals surface area contributed by atoms with Gasteiger partial charge in [0.05, 0.1) is 46.0 Å². The molecule has 0 unspecified atom stereocenters. The number of nitrogens with two attached hydrogens (primary N) is 5. The van der Waals surface area contributed by atoms with Crippen LogP contribution in [0.1, 0.15) is 19.3 Å². The Hall–Kier alpha value is -4.86. The van der Waals surface area contributed by atoms with Crippen molar-refractivity contribution in [2.24, 2.45) is 28.7 Å². The minimum absolute atomic E-state index is 0.0439. The molecule has 0 aromatic carbocycles. The molecule has 6 aliphatic rings. The van der Waals surface area contributed by atoms with E-state index in [9.17, 15) is 28.8 Å². The van der Waals surface area contributed by atoms with E-state index in [0.29, 0.717) is 138 Å². The van der Waals surface area contributed by atoms with Crippen LogP contribution in [-0.2, 0) is 18.9 Å². The lowest BCUT2D eigenvalue weighted by Crippen LogP contribution is -2.37. The fraction of sp³-hybridized carbons (Fsp3) is 0.854. The molecule has 0 aromatic rings. The van der Waals surface area contributed by atoms with E-state index in [1.165, 1.54) is 0 Å². The van der Waals surface area contributed by atoms with Crippen LogP contribution in [0.25, 0.3) is 0 Å². The molecule has 0 bridgehead atoms. The summed E-state index contributed by atoms with van der Waals surface area (Å²) in [6.45, 7) is 19.0. The van der Waals surface area contributed by atoms with Crippen LogP contribution in [0.4, 0.5) is 28.8 Å². The number of alkyl carbamates (subject to hydrolysis) is 1. The SMILES string of the molecule is NCCCCCO.NCCN1CCOC1=O.NCCNCCN1CCOC1=O.NCCNCCNCCO.NCCO.O=C1NCCN1CCN1CCOC1=O.O=C1NCCN1CCO.O=C1NCCO1. The molecule has 0 aliphatic carbocycles. The van der Waals surface area contributed by atoms with Crippen molar-refractivity contribution in [1.82, 2.24) is 56.4 Å². The highest BCUT2D eigenvalue weighted by atomic mass is 16.6. The summed E-state index contributed by atoms with van der Waals surface area (Å²) in [5.74, 6) is 0. The molecule has 71 heavy (non-hydrogen) atoms. The number of ether oxygens (including phenoxy) is 4. The highest BCUT2D eigenvalue weighted by molar-refractivity contribution is 5.76. The van der Waals surface area contributed by atoms with Gasteiger partial charge in [0.2, 0.25) is 0 Å². The maximum absolute atomic E-state index is 11.1. The van der Waals surface area contributed by atoms with Crippen molar-refractivity contribution < 1.29 is 68.1 Å². The monoisotopic (exact) mass is 1030 g/mol. The minimum atomic E-state index is -0.296. The number of carbonyl (C=O) groups is 6. The maximum Gasteiger partial charge on any atom is 0.409 e. The number of β-amino-alcohol motifs (C(OH)–C–C–N with tert-alkyl or cyclic N) is 1. The molecular formula is C41H90N16O14.